The van der Waals surface area contributed by atoms with Crippen LogP contribution in [-0.2, 0) is 16.6 Å². The van der Waals surface area contributed by atoms with Gasteiger partial charge in [-0.2, -0.15) is 9.57 Å². The SMILES string of the molecule is N#CCN(C(=O)O)S(=O)(=O)c1ccc(-c2cn(Cc3ccncc3)nn2)cc1. The van der Waals surface area contributed by atoms with E-state index in [-0.39, 0.29) is 9.20 Å². The molecule has 0 fully saturated rings. The maximum Gasteiger partial charge on any atom is 0.422 e. The Hall–Kier alpha value is -3.78. The molecule has 1 aromatic carbocycles. The Morgan fingerprint density at radius 3 is 2.46 bits per heavy atom. The van der Waals surface area contributed by atoms with Crippen molar-refractivity contribution in [2.24, 2.45) is 0 Å². The number of nitriles is 1. The second-order valence-corrected chi connectivity index (χ2v) is 7.50. The van der Waals surface area contributed by atoms with E-state index in [1.807, 2.05) is 12.1 Å². The fraction of sp³-hybridized carbons (Fsp3) is 0.118. The van der Waals surface area contributed by atoms with Crippen LogP contribution >= 0.6 is 0 Å². The van der Waals surface area contributed by atoms with Crippen LogP contribution in [0.3, 0.4) is 0 Å². The Morgan fingerprint density at radius 2 is 1.86 bits per heavy atom. The predicted molar refractivity (Wildman–Crippen MR) is 96.3 cm³/mol. The third kappa shape index (κ3) is 3.97. The zero-order valence-electron chi connectivity index (χ0n) is 14.4. The van der Waals surface area contributed by atoms with E-state index in [4.69, 9.17) is 10.4 Å². The largest absolute Gasteiger partial charge is 0.464 e. The monoisotopic (exact) mass is 398 g/mol. The summed E-state index contributed by atoms with van der Waals surface area (Å²) in [4.78, 5) is 14.8. The molecule has 0 aliphatic heterocycles. The zero-order valence-corrected chi connectivity index (χ0v) is 15.2. The van der Waals surface area contributed by atoms with Gasteiger partial charge < -0.3 is 5.11 Å². The van der Waals surface area contributed by atoms with Crippen LogP contribution in [0.25, 0.3) is 11.3 Å². The van der Waals surface area contributed by atoms with Crippen molar-refractivity contribution >= 4 is 16.1 Å². The molecule has 2 aromatic heterocycles. The average Bonchev–Trinajstić information content (AvgIpc) is 3.15. The summed E-state index contributed by atoms with van der Waals surface area (Å²) in [6.07, 6.45) is 3.35. The molecule has 0 aliphatic carbocycles. The number of carboxylic acid groups (broad SMARTS) is 1. The molecule has 0 saturated heterocycles. The summed E-state index contributed by atoms with van der Waals surface area (Å²) >= 11 is 0. The van der Waals surface area contributed by atoms with Gasteiger partial charge in [-0.15, -0.1) is 5.10 Å². The van der Waals surface area contributed by atoms with Gasteiger partial charge in [0.05, 0.1) is 23.7 Å². The number of carbonyl (C=O) groups is 1. The van der Waals surface area contributed by atoms with E-state index in [0.29, 0.717) is 17.8 Å². The highest BCUT2D eigenvalue weighted by Crippen LogP contribution is 2.21. The van der Waals surface area contributed by atoms with Gasteiger partial charge in [-0.3, -0.25) is 4.98 Å². The molecule has 0 unspecified atom stereocenters. The molecule has 0 atom stereocenters. The minimum Gasteiger partial charge on any atom is -0.464 e. The van der Waals surface area contributed by atoms with Crippen LogP contribution in [0.4, 0.5) is 4.79 Å². The van der Waals surface area contributed by atoms with Crippen molar-refractivity contribution in [1.82, 2.24) is 24.3 Å². The molecule has 3 aromatic rings. The molecule has 28 heavy (non-hydrogen) atoms. The van der Waals surface area contributed by atoms with E-state index in [2.05, 4.69) is 15.3 Å². The Morgan fingerprint density at radius 1 is 1.18 bits per heavy atom. The molecular formula is C17H14N6O4S. The van der Waals surface area contributed by atoms with Crippen LogP contribution in [0.15, 0.2) is 59.9 Å². The first-order valence-corrected chi connectivity index (χ1v) is 9.38. The van der Waals surface area contributed by atoms with Gasteiger partial charge in [0.2, 0.25) is 0 Å². The summed E-state index contributed by atoms with van der Waals surface area (Å²) in [5.41, 5.74) is 2.14. The highest BCUT2D eigenvalue weighted by molar-refractivity contribution is 7.89. The second kappa shape index (κ2) is 7.85. The molecule has 0 bridgehead atoms. The third-order valence-corrected chi connectivity index (χ3v) is 5.53. The molecule has 11 heteroatoms. The molecule has 3 rings (SSSR count). The number of benzene rings is 1. The molecule has 0 spiro atoms. The molecule has 142 valence electrons. The highest BCUT2D eigenvalue weighted by Gasteiger charge is 2.28. The molecule has 0 saturated carbocycles. The Labute approximate surface area is 160 Å². The first-order chi connectivity index (χ1) is 13.4. The lowest BCUT2D eigenvalue weighted by Crippen LogP contribution is -2.36. The molecule has 10 nitrogen and oxygen atoms in total. The lowest BCUT2D eigenvalue weighted by molar-refractivity contribution is 0.175. The maximum absolute atomic E-state index is 12.4. The van der Waals surface area contributed by atoms with Gasteiger partial charge in [0.1, 0.15) is 12.2 Å². The Bertz CT molecular complexity index is 1120. The van der Waals surface area contributed by atoms with Crippen molar-refractivity contribution in [3.8, 4) is 17.3 Å². The topological polar surface area (TPSA) is 142 Å². The van der Waals surface area contributed by atoms with Gasteiger partial charge in [0.15, 0.2) is 0 Å². The van der Waals surface area contributed by atoms with Crippen LogP contribution < -0.4 is 0 Å². The average molecular weight is 398 g/mol. The van der Waals surface area contributed by atoms with Crippen molar-refractivity contribution < 1.29 is 18.3 Å². The number of pyridine rings is 1. The minimum atomic E-state index is -4.33. The van der Waals surface area contributed by atoms with Crippen molar-refractivity contribution in [3.63, 3.8) is 0 Å². The number of aromatic nitrogens is 4. The van der Waals surface area contributed by atoms with Crippen LogP contribution in [-0.4, -0.2) is 50.4 Å². The van der Waals surface area contributed by atoms with Gasteiger partial charge in [-0.05, 0) is 29.8 Å². The van der Waals surface area contributed by atoms with E-state index < -0.39 is 22.7 Å². The van der Waals surface area contributed by atoms with Crippen LogP contribution in [0, 0.1) is 11.3 Å². The third-order valence-electron chi connectivity index (χ3n) is 3.80. The molecule has 2 heterocycles. The van der Waals surface area contributed by atoms with Gasteiger partial charge in [0.25, 0.3) is 10.0 Å². The van der Waals surface area contributed by atoms with E-state index in [0.717, 1.165) is 5.56 Å². The molecule has 0 aliphatic rings. The Balaban J connectivity index is 1.81. The predicted octanol–water partition coefficient (Wildman–Crippen LogP) is 1.58. The fourth-order valence-electron chi connectivity index (χ4n) is 2.43. The van der Waals surface area contributed by atoms with Gasteiger partial charge in [0, 0.05) is 18.0 Å². The summed E-state index contributed by atoms with van der Waals surface area (Å²) in [5.74, 6) is 0. The van der Waals surface area contributed by atoms with Crippen molar-refractivity contribution in [2.75, 3.05) is 6.54 Å². The lowest BCUT2D eigenvalue weighted by atomic mass is 10.2. The summed E-state index contributed by atoms with van der Waals surface area (Å²) in [5, 5.41) is 25.8. The fourth-order valence-corrected chi connectivity index (χ4v) is 3.60. The number of rotatable bonds is 6. The van der Waals surface area contributed by atoms with E-state index in [9.17, 15) is 13.2 Å². The quantitative estimate of drug-likeness (QED) is 0.617. The number of hydrogen-bond acceptors (Lipinski definition) is 7. The molecule has 0 radical (unpaired) electrons. The van der Waals surface area contributed by atoms with Crippen LogP contribution in [0.1, 0.15) is 5.56 Å². The van der Waals surface area contributed by atoms with Gasteiger partial charge in [-0.1, -0.05) is 17.3 Å². The standard InChI is InChI=1S/C17H14N6O4S/c18-7-10-23(17(24)25)28(26,27)15-3-1-14(2-4-15)16-12-22(21-20-16)11-13-5-8-19-9-6-13/h1-6,8-9,12H,10-11H2,(H,24,25). The van der Waals surface area contributed by atoms with Crippen molar-refractivity contribution in [2.45, 2.75) is 11.4 Å². The molecule has 1 N–H and O–H groups in total. The first-order valence-electron chi connectivity index (χ1n) is 7.94. The number of hydrogen-bond donors (Lipinski definition) is 1. The summed E-state index contributed by atoms with van der Waals surface area (Å²) in [6.45, 7) is -0.285. The van der Waals surface area contributed by atoms with Gasteiger partial charge in [-0.25, -0.2) is 17.9 Å². The maximum atomic E-state index is 12.4. The second-order valence-electron chi connectivity index (χ2n) is 5.63. The Kier molecular flexibility index (Phi) is 5.32. The lowest BCUT2D eigenvalue weighted by Gasteiger charge is -2.15. The highest BCUT2D eigenvalue weighted by atomic mass is 32.2. The summed E-state index contributed by atoms with van der Waals surface area (Å²) in [7, 11) is -4.33. The normalized spacial score (nSPS) is 11.0. The molecular weight excluding hydrogens is 384 g/mol. The number of amides is 1. The molecule has 1 amide bonds. The van der Waals surface area contributed by atoms with E-state index >= 15 is 0 Å². The van der Waals surface area contributed by atoms with Crippen molar-refractivity contribution in [3.05, 3.63) is 60.6 Å². The number of nitrogens with zero attached hydrogens (tertiary/aromatic N) is 6. The van der Waals surface area contributed by atoms with Crippen LogP contribution in [0.5, 0.6) is 0 Å². The first kappa shape index (κ1) is 19.0. The van der Waals surface area contributed by atoms with E-state index in [1.165, 1.54) is 30.3 Å². The number of sulfonamides is 1. The van der Waals surface area contributed by atoms with E-state index in [1.54, 1.807) is 23.3 Å². The summed E-state index contributed by atoms with van der Waals surface area (Å²) < 4.78 is 26.5. The van der Waals surface area contributed by atoms with Gasteiger partial charge >= 0.3 is 6.09 Å². The zero-order chi connectivity index (χ0) is 20.1. The summed E-state index contributed by atoms with van der Waals surface area (Å²) in [6, 6.07) is 10.8. The minimum absolute atomic E-state index is 0.0903. The smallest absolute Gasteiger partial charge is 0.422 e. The van der Waals surface area contributed by atoms with Crippen molar-refractivity contribution in [1.29, 1.82) is 5.26 Å². The van der Waals surface area contributed by atoms with Crippen LogP contribution in [0.2, 0.25) is 0 Å².